The van der Waals surface area contributed by atoms with Gasteiger partial charge in [-0.05, 0) is 12.8 Å². The molecule has 1 fully saturated rings. The van der Waals surface area contributed by atoms with Crippen molar-refractivity contribution in [2.24, 2.45) is 0 Å². The number of H-pyrrole nitrogens is 1. The van der Waals surface area contributed by atoms with E-state index >= 15 is 0 Å². The van der Waals surface area contributed by atoms with Crippen molar-refractivity contribution in [3.8, 4) is 11.4 Å². The van der Waals surface area contributed by atoms with Gasteiger partial charge in [0, 0.05) is 31.6 Å². The van der Waals surface area contributed by atoms with Gasteiger partial charge in [0.2, 0.25) is 5.91 Å². The minimum atomic E-state index is -0.309. The molecule has 2 heterocycles. The van der Waals surface area contributed by atoms with Crippen molar-refractivity contribution < 1.29 is 9.53 Å². The molecule has 1 aromatic carbocycles. The Morgan fingerprint density at radius 3 is 2.83 bits per heavy atom. The van der Waals surface area contributed by atoms with Crippen LogP contribution >= 0.6 is 0 Å². The van der Waals surface area contributed by atoms with Gasteiger partial charge in [-0.2, -0.15) is 0 Å². The Morgan fingerprint density at radius 2 is 2.12 bits per heavy atom. The number of amides is 1. The van der Waals surface area contributed by atoms with E-state index in [1.807, 2.05) is 30.3 Å². The Balaban J connectivity index is 1.53. The molecule has 7 nitrogen and oxygen atoms in total. The molecule has 0 radical (unpaired) electrons. The van der Waals surface area contributed by atoms with Crippen LogP contribution < -0.4 is 10.9 Å². The monoisotopic (exact) mass is 328 g/mol. The van der Waals surface area contributed by atoms with Crippen LogP contribution in [-0.4, -0.2) is 40.3 Å². The van der Waals surface area contributed by atoms with Crippen LogP contribution in [0.3, 0.4) is 0 Å². The predicted octanol–water partition coefficient (Wildman–Crippen LogP) is 1.06. The number of benzene rings is 1. The third kappa shape index (κ3) is 4.26. The van der Waals surface area contributed by atoms with Crippen LogP contribution in [0.4, 0.5) is 0 Å². The van der Waals surface area contributed by atoms with E-state index in [0.29, 0.717) is 12.4 Å². The summed E-state index contributed by atoms with van der Waals surface area (Å²) in [4.78, 5) is 26.6. The van der Waals surface area contributed by atoms with Gasteiger partial charge in [-0.15, -0.1) is 10.2 Å². The largest absolute Gasteiger partial charge is 0.376 e. The zero-order valence-corrected chi connectivity index (χ0v) is 13.3. The Kier molecular flexibility index (Phi) is 5.32. The number of aromatic nitrogens is 3. The fourth-order valence-corrected chi connectivity index (χ4v) is 2.60. The van der Waals surface area contributed by atoms with Crippen molar-refractivity contribution in [2.75, 3.05) is 13.2 Å². The minimum absolute atomic E-state index is 0.112. The number of rotatable bonds is 6. The molecular formula is C17H20N4O3. The molecule has 126 valence electrons. The summed E-state index contributed by atoms with van der Waals surface area (Å²) >= 11 is 0. The van der Waals surface area contributed by atoms with Crippen molar-refractivity contribution >= 4 is 5.91 Å². The SMILES string of the molecule is O=C(CCc1nnc(-c2ccccc2)[nH]c1=O)NC[C@@H]1CCCO1. The zero-order valence-electron chi connectivity index (χ0n) is 13.3. The van der Waals surface area contributed by atoms with Crippen molar-refractivity contribution in [3.63, 3.8) is 0 Å². The summed E-state index contributed by atoms with van der Waals surface area (Å²) in [7, 11) is 0. The van der Waals surface area contributed by atoms with E-state index < -0.39 is 0 Å². The Hall–Kier alpha value is -2.54. The van der Waals surface area contributed by atoms with Crippen molar-refractivity contribution in [2.45, 2.75) is 31.8 Å². The molecule has 0 bridgehead atoms. The molecule has 0 spiro atoms. The number of nitrogens with one attached hydrogen (secondary N) is 2. The summed E-state index contributed by atoms with van der Waals surface area (Å²) < 4.78 is 5.45. The van der Waals surface area contributed by atoms with Gasteiger partial charge < -0.3 is 15.0 Å². The number of ether oxygens (including phenoxy) is 1. The van der Waals surface area contributed by atoms with Gasteiger partial charge in [-0.25, -0.2) is 0 Å². The first-order valence-electron chi connectivity index (χ1n) is 8.12. The molecule has 1 saturated heterocycles. The number of aryl methyl sites for hydroxylation is 1. The van der Waals surface area contributed by atoms with Crippen LogP contribution in [0.25, 0.3) is 11.4 Å². The molecule has 1 aliphatic rings. The van der Waals surface area contributed by atoms with E-state index in [0.717, 1.165) is 25.0 Å². The van der Waals surface area contributed by atoms with Crippen LogP contribution in [0.2, 0.25) is 0 Å². The number of hydrogen-bond donors (Lipinski definition) is 2. The summed E-state index contributed by atoms with van der Waals surface area (Å²) in [5, 5.41) is 10.8. The highest BCUT2D eigenvalue weighted by Crippen LogP contribution is 2.11. The third-order valence-corrected chi connectivity index (χ3v) is 3.95. The summed E-state index contributed by atoms with van der Waals surface area (Å²) in [5.41, 5.74) is 0.751. The van der Waals surface area contributed by atoms with Gasteiger partial charge in [-0.1, -0.05) is 30.3 Å². The van der Waals surface area contributed by atoms with Crippen molar-refractivity contribution in [1.82, 2.24) is 20.5 Å². The molecular weight excluding hydrogens is 308 g/mol. The molecule has 0 saturated carbocycles. The molecule has 2 aromatic rings. The lowest BCUT2D eigenvalue weighted by Gasteiger charge is -2.10. The van der Waals surface area contributed by atoms with Gasteiger partial charge in [0.15, 0.2) is 5.82 Å². The van der Waals surface area contributed by atoms with Crippen LogP contribution in [0, 0.1) is 0 Å². The second-order valence-corrected chi connectivity index (χ2v) is 5.75. The molecule has 7 heteroatoms. The van der Waals surface area contributed by atoms with Gasteiger partial charge in [0.1, 0.15) is 5.69 Å². The van der Waals surface area contributed by atoms with Gasteiger partial charge in [0.25, 0.3) is 5.56 Å². The fraction of sp³-hybridized carbons (Fsp3) is 0.412. The normalized spacial score (nSPS) is 16.9. The lowest BCUT2D eigenvalue weighted by atomic mass is 10.2. The topological polar surface area (TPSA) is 97.0 Å². The molecule has 0 unspecified atom stereocenters. The maximum atomic E-state index is 12.1. The molecule has 1 amide bonds. The number of aromatic amines is 1. The highest BCUT2D eigenvalue weighted by Gasteiger charge is 2.16. The first-order valence-corrected chi connectivity index (χ1v) is 8.12. The number of hydrogen-bond acceptors (Lipinski definition) is 5. The van der Waals surface area contributed by atoms with E-state index in [2.05, 4.69) is 20.5 Å². The number of nitrogens with zero attached hydrogens (tertiary/aromatic N) is 2. The average Bonchev–Trinajstić information content (AvgIpc) is 3.13. The highest BCUT2D eigenvalue weighted by atomic mass is 16.5. The van der Waals surface area contributed by atoms with Crippen LogP contribution in [-0.2, 0) is 16.0 Å². The number of carbonyl (C=O) groups excluding carboxylic acids is 1. The minimum Gasteiger partial charge on any atom is -0.376 e. The molecule has 24 heavy (non-hydrogen) atoms. The Bertz CT molecular complexity index is 739. The van der Waals surface area contributed by atoms with Crippen molar-refractivity contribution in [3.05, 3.63) is 46.4 Å². The maximum Gasteiger partial charge on any atom is 0.273 e. The smallest absolute Gasteiger partial charge is 0.273 e. The quantitative estimate of drug-likeness (QED) is 0.826. The van der Waals surface area contributed by atoms with E-state index in [-0.39, 0.29) is 36.1 Å². The Morgan fingerprint density at radius 1 is 1.29 bits per heavy atom. The fourth-order valence-electron chi connectivity index (χ4n) is 2.60. The van der Waals surface area contributed by atoms with Crippen molar-refractivity contribution in [1.29, 1.82) is 0 Å². The summed E-state index contributed by atoms with van der Waals surface area (Å²) in [5.74, 6) is 0.311. The van der Waals surface area contributed by atoms with E-state index in [1.165, 1.54) is 0 Å². The lowest BCUT2D eigenvalue weighted by molar-refractivity contribution is -0.121. The second-order valence-electron chi connectivity index (χ2n) is 5.75. The first-order chi connectivity index (χ1) is 11.7. The van der Waals surface area contributed by atoms with E-state index in [4.69, 9.17) is 4.74 Å². The average molecular weight is 328 g/mol. The molecule has 0 aliphatic carbocycles. The summed E-state index contributed by atoms with van der Waals surface area (Å²) in [6.07, 6.45) is 2.59. The second kappa shape index (κ2) is 7.83. The third-order valence-electron chi connectivity index (χ3n) is 3.95. The number of carbonyl (C=O) groups is 1. The molecule has 3 rings (SSSR count). The molecule has 2 N–H and O–H groups in total. The Labute approximate surface area is 139 Å². The van der Waals surface area contributed by atoms with Gasteiger partial charge in [0.05, 0.1) is 6.10 Å². The molecule has 1 aromatic heterocycles. The van der Waals surface area contributed by atoms with E-state index in [1.54, 1.807) is 0 Å². The van der Waals surface area contributed by atoms with E-state index in [9.17, 15) is 9.59 Å². The van der Waals surface area contributed by atoms with Gasteiger partial charge >= 0.3 is 0 Å². The standard InChI is InChI=1S/C17H20N4O3/c22-15(18-11-13-7-4-10-24-13)9-8-14-17(23)19-16(21-20-14)12-5-2-1-3-6-12/h1-3,5-6,13H,4,7-11H2,(H,18,22)(H,19,21,23)/t13-/m0/s1. The molecule has 1 atom stereocenters. The van der Waals surface area contributed by atoms with Crippen LogP contribution in [0.5, 0.6) is 0 Å². The first kappa shape index (κ1) is 16.3. The predicted molar refractivity (Wildman–Crippen MR) is 88.4 cm³/mol. The van der Waals surface area contributed by atoms with Gasteiger partial charge in [-0.3, -0.25) is 9.59 Å². The van der Waals surface area contributed by atoms with Crippen LogP contribution in [0.1, 0.15) is 25.0 Å². The summed E-state index contributed by atoms with van der Waals surface area (Å²) in [6.45, 7) is 1.28. The molecule has 1 aliphatic heterocycles. The highest BCUT2D eigenvalue weighted by molar-refractivity contribution is 5.76. The maximum absolute atomic E-state index is 12.1. The lowest BCUT2D eigenvalue weighted by Crippen LogP contribution is -2.32. The summed E-state index contributed by atoms with van der Waals surface area (Å²) in [6, 6.07) is 9.30. The van der Waals surface area contributed by atoms with Crippen LogP contribution in [0.15, 0.2) is 35.1 Å². The zero-order chi connectivity index (χ0) is 16.8.